The fourth-order valence-electron chi connectivity index (χ4n) is 3.91. The Morgan fingerprint density at radius 2 is 2.14 bits per heavy atom. The van der Waals surface area contributed by atoms with Crippen LogP contribution in [-0.4, -0.2) is 48.2 Å². The van der Waals surface area contributed by atoms with Crippen molar-refractivity contribution in [3.05, 3.63) is 53.1 Å². The topological polar surface area (TPSA) is 71.7 Å². The van der Waals surface area contributed by atoms with Crippen molar-refractivity contribution in [2.75, 3.05) is 31.6 Å². The first kappa shape index (κ1) is 20.2. The summed E-state index contributed by atoms with van der Waals surface area (Å²) >= 11 is 6.46. The molecule has 0 bridgehead atoms. The molecule has 1 aliphatic rings. The summed E-state index contributed by atoms with van der Waals surface area (Å²) in [6.07, 6.45) is 2.74. The molecule has 1 unspecified atom stereocenters. The molecule has 2 heterocycles. The minimum atomic E-state index is -0.713. The number of carbonyl (C=O) groups excluding carboxylic acids is 1. The number of rotatable bonds is 4. The van der Waals surface area contributed by atoms with Gasteiger partial charge in [0.1, 0.15) is 5.75 Å². The third-order valence-electron chi connectivity index (χ3n) is 5.68. The minimum Gasteiger partial charge on any atom is -0.497 e. The Morgan fingerprint density at radius 1 is 1.39 bits per heavy atom. The lowest BCUT2D eigenvalue weighted by atomic mass is 9.78. The Hall–Kier alpha value is -2.54. The van der Waals surface area contributed by atoms with Gasteiger partial charge < -0.3 is 20.3 Å². The zero-order valence-corrected chi connectivity index (χ0v) is 16.9. The van der Waals surface area contributed by atoms with Crippen molar-refractivity contribution >= 4 is 23.3 Å². The van der Waals surface area contributed by atoms with E-state index in [0.717, 1.165) is 5.56 Å². The van der Waals surface area contributed by atoms with Crippen LogP contribution in [0.15, 0.2) is 36.7 Å². The van der Waals surface area contributed by atoms with Gasteiger partial charge in [0.15, 0.2) is 5.82 Å². The Bertz CT molecular complexity index is 881. The smallest absolute Gasteiger partial charge is 0.315 e. The van der Waals surface area contributed by atoms with E-state index >= 15 is 0 Å². The molecule has 6 nitrogen and oxygen atoms in total. The molecule has 2 N–H and O–H groups in total. The van der Waals surface area contributed by atoms with E-state index in [1.807, 2.05) is 24.8 Å². The number of hydrogen-bond acceptors (Lipinski definition) is 4. The molecule has 28 heavy (non-hydrogen) atoms. The van der Waals surface area contributed by atoms with Gasteiger partial charge in [-0.3, -0.25) is 4.98 Å². The van der Waals surface area contributed by atoms with Crippen molar-refractivity contribution in [2.24, 2.45) is 5.73 Å². The quantitative estimate of drug-likeness (QED) is 0.841. The number of nitrogens with two attached hydrogens (primary N) is 1. The van der Waals surface area contributed by atoms with Crippen LogP contribution in [0.4, 0.5) is 14.9 Å². The highest BCUT2D eigenvalue weighted by atomic mass is 35.5. The van der Waals surface area contributed by atoms with E-state index in [-0.39, 0.29) is 5.92 Å². The number of anilines is 1. The maximum Gasteiger partial charge on any atom is 0.315 e. The SMILES string of the molecule is COc1ccc(Cl)c([C@@H](C)C2(C)CN(c3ccncc3F)CCN2C(N)=O)c1. The van der Waals surface area contributed by atoms with E-state index in [0.29, 0.717) is 36.1 Å². The van der Waals surface area contributed by atoms with Crippen molar-refractivity contribution in [2.45, 2.75) is 25.3 Å². The lowest BCUT2D eigenvalue weighted by Gasteiger charge is -2.52. The van der Waals surface area contributed by atoms with Crippen LogP contribution < -0.4 is 15.4 Å². The summed E-state index contributed by atoms with van der Waals surface area (Å²) in [7, 11) is 1.59. The Morgan fingerprint density at radius 3 is 2.79 bits per heavy atom. The molecule has 2 aromatic rings. The molecule has 0 radical (unpaired) electrons. The van der Waals surface area contributed by atoms with E-state index in [1.54, 1.807) is 36.4 Å². The van der Waals surface area contributed by atoms with Crippen molar-refractivity contribution in [3.63, 3.8) is 0 Å². The molecule has 0 spiro atoms. The van der Waals surface area contributed by atoms with Gasteiger partial charge in [0.2, 0.25) is 0 Å². The van der Waals surface area contributed by atoms with Crippen molar-refractivity contribution in [1.29, 1.82) is 0 Å². The van der Waals surface area contributed by atoms with Crippen LogP contribution in [0.1, 0.15) is 25.3 Å². The summed E-state index contributed by atoms with van der Waals surface area (Å²) in [6, 6.07) is 6.55. The van der Waals surface area contributed by atoms with Crippen LogP contribution in [0, 0.1) is 5.82 Å². The van der Waals surface area contributed by atoms with Crippen molar-refractivity contribution < 1.29 is 13.9 Å². The van der Waals surface area contributed by atoms with Crippen LogP contribution in [0.25, 0.3) is 0 Å². The summed E-state index contributed by atoms with van der Waals surface area (Å²) in [5, 5.41) is 0.575. The molecule has 1 saturated heterocycles. The highest BCUT2D eigenvalue weighted by Crippen LogP contribution is 2.41. The van der Waals surface area contributed by atoms with Gasteiger partial charge in [0, 0.05) is 36.8 Å². The number of pyridine rings is 1. The number of primary amides is 1. The first-order valence-corrected chi connectivity index (χ1v) is 9.40. The molecule has 2 amide bonds. The molecule has 2 atom stereocenters. The van der Waals surface area contributed by atoms with Crippen LogP contribution in [0.5, 0.6) is 5.75 Å². The summed E-state index contributed by atoms with van der Waals surface area (Å²) in [5.41, 5.74) is 6.27. The number of urea groups is 1. The number of halogens is 2. The van der Waals surface area contributed by atoms with E-state index in [1.165, 1.54) is 6.20 Å². The monoisotopic (exact) mass is 406 g/mol. The predicted molar refractivity (Wildman–Crippen MR) is 108 cm³/mol. The Labute approximate surface area is 169 Å². The van der Waals surface area contributed by atoms with Gasteiger partial charge in [-0.05, 0) is 36.8 Å². The van der Waals surface area contributed by atoms with E-state index in [9.17, 15) is 9.18 Å². The Kier molecular flexibility index (Phi) is 5.65. The highest BCUT2D eigenvalue weighted by Gasteiger charge is 2.45. The van der Waals surface area contributed by atoms with Crippen LogP contribution >= 0.6 is 11.6 Å². The lowest BCUT2D eigenvalue weighted by Crippen LogP contribution is -2.66. The molecular weight excluding hydrogens is 383 g/mol. The largest absolute Gasteiger partial charge is 0.497 e. The standard InChI is InChI=1S/C20H24ClFN4O2/c1-13(15-10-14(28-3)4-5-16(15)21)20(2)12-25(8-9-26(20)19(23)27)18-6-7-24-11-17(18)22/h4-7,10-11,13H,8-9,12H2,1-3H3,(H2,23,27)/t13-,20?/m1/s1. The summed E-state index contributed by atoms with van der Waals surface area (Å²) in [4.78, 5) is 19.6. The average Bonchev–Trinajstić information content (AvgIpc) is 2.67. The molecule has 150 valence electrons. The second-order valence-corrected chi connectivity index (χ2v) is 7.61. The van der Waals surface area contributed by atoms with Gasteiger partial charge in [0.25, 0.3) is 0 Å². The van der Waals surface area contributed by atoms with Crippen LogP contribution in [-0.2, 0) is 0 Å². The number of carbonyl (C=O) groups is 1. The van der Waals surface area contributed by atoms with Gasteiger partial charge in [-0.15, -0.1) is 0 Å². The van der Waals surface area contributed by atoms with E-state index < -0.39 is 17.4 Å². The molecule has 8 heteroatoms. The highest BCUT2D eigenvalue weighted by molar-refractivity contribution is 6.31. The summed E-state index contributed by atoms with van der Waals surface area (Å²) in [5.74, 6) is 0.0908. The number of nitrogens with zero attached hydrogens (tertiary/aromatic N) is 3. The molecule has 1 fully saturated rings. The normalized spacial score (nSPS) is 20.8. The molecular formula is C20H24ClFN4O2. The van der Waals surface area contributed by atoms with E-state index in [4.69, 9.17) is 22.1 Å². The van der Waals surface area contributed by atoms with Gasteiger partial charge in [-0.2, -0.15) is 0 Å². The average molecular weight is 407 g/mol. The van der Waals surface area contributed by atoms with E-state index in [2.05, 4.69) is 4.98 Å². The maximum atomic E-state index is 14.3. The first-order valence-electron chi connectivity index (χ1n) is 9.03. The number of amides is 2. The second-order valence-electron chi connectivity index (χ2n) is 7.20. The lowest BCUT2D eigenvalue weighted by molar-refractivity contribution is 0.0996. The fraction of sp³-hybridized carbons (Fsp3) is 0.400. The number of piperazine rings is 1. The zero-order chi connectivity index (χ0) is 20.5. The molecule has 1 aliphatic heterocycles. The summed E-state index contributed by atoms with van der Waals surface area (Å²) in [6.45, 7) is 5.18. The number of aromatic nitrogens is 1. The van der Waals surface area contributed by atoms with Crippen LogP contribution in [0.3, 0.4) is 0 Å². The molecule has 0 saturated carbocycles. The van der Waals surface area contributed by atoms with Gasteiger partial charge in [-0.1, -0.05) is 18.5 Å². The molecule has 3 rings (SSSR count). The van der Waals surface area contributed by atoms with Crippen molar-refractivity contribution in [3.8, 4) is 5.75 Å². The van der Waals surface area contributed by atoms with Gasteiger partial charge >= 0.3 is 6.03 Å². The van der Waals surface area contributed by atoms with Crippen molar-refractivity contribution in [1.82, 2.24) is 9.88 Å². The zero-order valence-electron chi connectivity index (χ0n) is 16.2. The van der Waals surface area contributed by atoms with Crippen LogP contribution in [0.2, 0.25) is 5.02 Å². The number of ether oxygens (including phenoxy) is 1. The third kappa shape index (κ3) is 3.58. The number of methoxy groups -OCH3 is 1. The fourth-order valence-corrected chi connectivity index (χ4v) is 4.19. The maximum absolute atomic E-state index is 14.3. The van der Waals surface area contributed by atoms with Gasteiger partial charge in [-0.25, -0.2) is 9.18 Å². The molecule has 0 aliphatic carbocycles. The first-order chi connectivity index (χ1) is 13.3. The molecule has 1 aromatic carbocycles. The third-order valence-corrected chi connectivity index (χ3v) is 6.03. The Balaban J connectivity index is 2.02. The number of benzene rings is 1. The predicted octanol–water partition coefficient (Wildman–Crippen LogP) is 3.65. The molecule has 1 aromatic heterocycles. The summed E-state index contributed by atoms with van der Waals surface area (Å²) < 4.78 is 19.7. The van der Waals surface area contributed by atoms with Gasteiger partial charge in [0.05, 0.1) is 24.5 Å². The minimum absolute atomic E-state index is 0.185. The number of hydrogen-bond donors (Lipinski definition) is 1. The second kappa shape index (κ2) is 7.83.